The molecule has 4 aliphatic heterocycles. The highest BCUT2D eigenvalue weighted by Gasteiger charge is 2.56. The van der Waals surface area contributed by atoms with Gasteiger partial charge in [0.15, 0.2) is 25.2 Å². The van der Waals surface area contributed by atoms with Gasteiger partial charge < -0.3 is 123 Å². The highest BCUT2D eigenvalue weighted by Crippen LogP contribution is 2.36. The van der Waals surface area contributed by atoms with E-state index in [0.717, 1.165) is 0 Å². The van der Waals surface area contributed by atoms with Crippen LogP contribution >= 0.6 is 0 Å². The Balaban J connectivity index is 0.00000580. The van der Waals surface area contributed by atoms with Crippen LogP contribution in [0.3, 0.4) is 0 Å². The molecule has 4 heterocycles. The van der Waals surface area contributed by atoms with Crippen molar-refractivity contribution in [3.63, 3.8) is 0 Å². The van der Waals surface area contributed by atoms with E-state index in [1.54, 1.807) is 0 Å². The first-order chi connectivity index (χ1) is 26.1. The van der Waals surface area contributed by atoms with Gasteiger partial charge in [0, 0.05) is 5.92 Å². The topological polar surface area (TPSA) is 405 Å². The van der Waals surface area contributed by atoms with Crippen molar-refractivity contribution in [2.24, 2.45) is 5.92 Å². The molecule has 4 rings (SSSR count). The Labute approximate surface area is 331 Å². The van der Waals surface area contributed by atoms with Crippen molar-refractivity contribution in [2.75, 3.05) is 6.61 Å². The maximum atomic E-state index is 12.3. The SMILES string of the molecule is C.C.CC(C)O[C@@H]1OC(C(=O)[O-])[C@@H](O[C@@H]2OC(C(=O)[O-])[C@@H](O[C@@H]3OC(C(=O)[O-])[C@@H](O[C@@H]4OC(C(=O)[O-])[C@@H](OC(C)C)C(O)[C@@H]4O)C(CO)C3O)C(O)[C@H]2O)C(O)C1O. The summed E-state index contributed by atoms with van der Waals surface area (Å²) >= 11 is 0. The van der Waals surface area contributed by atoms with Crippen LogP contribution < -0.4 is 20.4 Å². The molecule has 338 valence electrons. The average Bonchev–Trinajstić information content (AvgIpc) is 3.10. The highest BCUT2D eigenvalue weighted by atomic mass is 16.8. The van der Waals surface area contributed by atoms with Gasteiger partial charge in [0.05, 0.1) is 42.7 Å². The lowest BCUT2D eigenvalue weighted by Crippen LogP contribution is -2.69. The van der Waals surface area contributed by atoms with E-state index in [9.17, 15) is 80.5 Å². The molecule has 0 aromatic carbocycles. The van der Waals surface area contributed by atoms with Gasteiger partial charge in [-0.2, -0.15) is 0 Å². The van der Waals surface area contributed by atoms with Crippen LogP contribution in [0.15, 0.2) is 0 Å². The van der Waals surface area contributed by atoms with Gasteiger partial charge >= 0.3 is 0 Å². The molecule has 0 bridgehead atoms. The Kier molecular flexibility index (Phi) is 18.7. The van der Waals surface area contributed by atoms with Gasteiger partial charge in [-0.3, -0.25) is 0 Å². The second-order valence-corrected chi connectivity index (χ2v) is 13.9. The zero-order chi connectivity index (χ0) is 42.1. The second kappa shape index (κ2) is 21.1. The fraction of sp³-hybridized carbons (Fsp3) is 0.879. The minimum Gasteiger partial charge on any atom is -0.547 e. The van der Waals surface area contributed by atoms with Crippen LogP contribution in [0.25, 0.3) is 0 Å². The van der Waals surface area contributed by atoms with Gasteiger partial charge in [-0.25, -0.2) is 0 Å². The maximum absolute atomic E-state index is 12.3. The fourth-order valence-corrected chi connectivity index (χ4v) is 6.53. The summed E-state index contributed by atoms with van der Waals surface area (Å²) < 4.78 is 47.5. The lowest BCUT2D eigenvalue weighted by Gasteiger charge is -2.50. The van der Waals surface area contributed by atoms with E-state index in [1.807, 2.05) is 0 Å². The molecule has 0 aliphatic carbocycles. The van der Waals surface area contributed by atoms with E-state index in [4.69, 9.17) is 42.6 Å². The predicted molar refractivity (Wildman–Crippen MR) is 172 cm³/mol. The lowest BCUT2D eigenvalue weighted by atomic mass is 9.88. The normalized spacial score (nSPS) is 43.2. The molecule has 0 amide bonds. The number of carbonyl (C=O) groups is 4. The summed E-state index contributed by atoms with van der Waals surface area (Å²) in [6.07, 6.45) is -43.0. The summed E-state index contributed by atoms with van der Waals surface area (Å²) in [5, 5.41) is 134. The van der Waals surface area contributed by atoms with Crippen LogP contribution in [0.1, 0.15) is 42.5 Å². The van der Waals surface area contributed by atoms with E-state index >= 15 is 0 Å². The van der Waals surface area contributed by atoms with Crippen molar-refractivity contribution in [1.82, 2.24) is 0 Å². The quantitative estimate of drug-likeness (QED) is 0.0758. The second-order valence-electron chi connectivity index (χ2n) is 13.9. The molecule has 10 unspecified atom stereocenters. The lowest BCUT2D eigenvalue weighted by molar-refractivity contribution is -0.402. The predicted octanol–water partition coefficient (Wildman–Crippen LogP) is -10.3. The van der Waals surface area contributed by atoms with E-state index in [-0.39, 0.29) is 14.9 Å². The molecule has 20 atom stereocenters. The van der Waals surface area contributed by atoms with Crippen LogP contribution in [0.2, 0.25) is 0 Å². The van der Waals surface area contributed by atoms with Gasteiger partial charge in [-0.15, -0.1) is 0 Å². The van der Waals surface area contributed by atoms with Crippen LogP contribution in [0.4, 0.5) is 0 Å². The Morgan fingerprint density at radius 1 is 0.466 bits per heavy atom. The van der Waals surface area contributed by atoms with Gasteiger partial charge in [0.2, 0.25) is 0 Å². The first-order valence-electron chi connectivity index (χ1n) is 17.2. The summed E-state index contributed by atoms with van der Waals surface area (Å²) in [5.74, 6) is -10.2. The van der Waals surface area contributed by atoms with Crippen LogP contribution in [-0.2, 0) is 61.8 Å². The number of aliphatic carboxylic acids is 4. The van der Waals surface area contributed by atoms with Crippen molar-refractivity contribution in [2.45, 2.75) is 171 Å². The van der Waals surface area contributed by atoms with Crippen LogP contribution in [0, 0.1) is 5.92 Å². The number of carboxylic acid groups (broad SMARTS) is 4. The maximum Gasteiger partial charge on any atom is 0.187 e. The standard InChI is InChI=1S/C31H48O25.2CH4/c1-6(2)48-17-10(34)14(38)30(55-21(17)25(42)43)50-16-8(5-32)9(33)28(53-20(16)24(40)41)51-18-12(36)15(39)31(56-23(18)27(46)47)52-19-11(35)13(37)29(49-7(3)4)54-22(19)26(44)45;;/h6-23,28-39H,5H2,1-4H3,(H,40,41)(H,42,43)(H,44,45)(H,46,47);2*1H4/p-4/t8?,9?,10?,11?,12?,13?,14-,15+,16-,17-,18-,19-,20?,21?,22?,23?,28+,29+,30+,31+;;/m0../s1. The first-order valence-corrected chi connectivity index (χ1v) is 17.2. The van der Waals surface area contributed by atoms with Crippen molar-refractivity contribution in [3.05, 3.63) is 0 Å². The monoisotopic (exact) mass is 848 g/mol. The summed E-state index contributed by atoms with van der Waals surface area (Å²) in [4.78, 5) is 48.2. The molecule has 25 nitrogen and oxygen atoms in total. The zero-order valence-electron chi connectivity index (χ0n) is 29.9. The largest absolute Gasteiger partial charge is 0.547 e. The first kappa shape index (κ1) is 51.3. The van der Waals surface area contributed by atoms with Gasteiger partial charge in [0.25, 0.3) is 0 Å². The molecule has 8 N–H and O–H groups in total. The van der Waals surface area contributed by atoms with Crippen molar-refractivity contribution < 1.29 is 123 Å². The summed E-state index contributed by atoms with van der Waals surface area (Å²) in [7, 11) is 0. The number of carboxylic acids is 4. The molecular formula is C33H52O25-4. The Hall–Kier alpha value is -2.80. The third-order valence-electron chi connectivity index (χ3n) is 9.20. The molecule has 25 heteroatoms. The Morgan fingerprint density at radius 2 is 0.759 bits per heavy atom. The third-order valence-corrected chi connectivity index (χ3v) is 9.20. The Bertz CT molecular complexity index is 1370. The number of hydrogen-bond donors (Lipinski definition) is 8. The molecule has 4 fully saturated rings. The van der Waals surface area contributed by atoms with Gasteiger partial charge in [-0.1, -0.05) is 14.9 Å². The molecule has 0 spiro atoms. The number of aliphatic hydroxyl groups excluding tert-OH is 8. The molecular weight excluding hydrogens is 796 g/mol. The number of carbonyl (C=O) groups excluding carboxylic acids is 4. The molecule has 0 saturated carbocycles. The van der Waals surface area contributed by atoms with Crippen LogP contribution in [0.5, 0.6) is 0 Å². The average molecular weight is 849 g/mol. The molecule has 58 heavy (non-hydrogen) atoms. The molecule has 0 aromatic heterocycles. The summed E-state index contributed by atoms with van der Waals surface area (Å²) in [5.41, 5.74) is 0. The van der Waals surface area contributed by atoms with E-state index in [2.05, 4.69) is 0 Å². The smallest absolute Gasteiger partial charge is 0.187 e. The van der Waals surface area contributed by atoms with Crippen molar-refractivity contribution >= 4 is 23.9 Å². The van der Waals surface area contributed by atoms with Crippen molar-refractivity contribution in [3.8, 4) is 0 Å². The van der Waals surface area contributed by atoms with Gasteiger partial charge in [-0.05, 0) is 27.7 Å². The fourth-order valence-electron chi connectivity index (χ4n) is 6.53. The summed E-state index contributed by atoms with van der Waals surface area (Å²) in [6, 6.07) is 0. The Morgan fingerprint density at radius 3 is 1.12 bits per heavy atom. The molecule has 4 saturated heterocycles. The summed E-state index contributed by atoms with van der Waals surface area (Å²) in [6.45, 7) is 4.74. The van der Waals surface area contributed by atoms with Crippen molar-refractivity contribution in [1.29, 1.82) is 0 Å². The number of ether oxygens (including phenoxy) is 9. The minimum absolute atomic E-state index is 0. The van der Waals surface area contributed by atoms with E-state index < -0.39 is 165 Å². The zero-order valence-corrected chi connectivity index (χ0v) is 29.9. The number of aliphatic hydroxyl groups is 8. The third kappa shape index (κ3) is 10.9. The van der Waals surface area contributed by atoms with E-state index in [1.165, 1.54) is 27.7 Å². The van der Waals surface area contributed by atoms with Gasteiger partial charge in [0.1, 0.15) is 91.6 Å². The highest BCUT2D eigenvalue weighted by molar-refractivity contribution is 5.72. The molecule has 0 radical (unpaired) electrons. The number of rotatable bonds is 15. The number of hydrogen-bond acceptors (Lipinski definition) is 25. The molecule has 4 aliphatic rings. The van der Waals surface area contributed by atoms with Crippen LogP contribution in [-0.4, -0.2) is 200 Å². The molecule has 0 aromatic rings. The minimum atomic E-state index is -2.53. The van der Waals surface area contributed by atoms with E-state index in [0.29, 0.717) is 0 Å².